The predicted molar refractivity (Wildman–Crippen MR) is 87.1 cm³/mol. The van der Waals surface area contributed by atoms with Crippen LogP contribution in [-0.4, -0.2) is 57.7 Å². The molecule has 2 unspecified atom stereocenters. The number of ether oxygens (including phenoxy) is 1. The number of aryl methyl sites for hydroxylation is 2. The number of rotatable bonds is 4. The molecule has 3 rings (SSSR count). The van der Waals surface area contributed by atoms with Gasteiger partial charge in [0.2, 0.25) is 10.0 Å². The highest BCUT2D eigenvalue weighted by Gasteiger charge is 2.52. The molecule has 128 valence electrons. The van der Waals surface area contributed by atoms with Crippen LogP contribution in [0.15, 0.2) is 17.0 Å². The lowest BCUT2D eigenvalue weighted by Crippen LogP contribution is -2.38. The summed E-state index contributed by atoms with van der Waals surface area (Å²) in [6, 6.07) is 3.45. The van der Waals surface area contributed by atoms with Crippen LogP contribution >= 0.6 is 0 Å². The van der Waals surface area contributed by atoms with Crippen molar-refractivity contribution >= 4 is 10.0 Å². The second-order valence-electron chi connectivity index (χ2n) is 6.73. The molecule has 0 aliphatic carbocycles. The molecule has 2 saturated heterocycles. The van der Waals surface area contributed by atoms with Crippen molar-refractivity contribution in [2.45, 2.75) is 18.7 Å². The monoisotopic (exact) mass is 340 g/mol. The van der Waals surface area contributed by atoms with Gasteiger partial charge in [-0.3, -0.25) is 0 Å². The van der Waals surface area contributed by atoms with E-state index in [1.54, 1.807) is 20.1 Å². The molecular formula is C16H24N2O4S. The van der Waals surface area contributed by atoms with E-state index < -0.39 is 10.0 Å². The number of nitrogens with zero attached hydrogens (tertiary/aromatic N) is 1. The highest BCUT2D eigenvalue weighted by atomic mass is 32.2. The largest absolute Gasteiger partial charge is 0.496 e. The molecule has 7 heteroatoms. The Kier molecular flexibility index (Phi) is 4.16. The van der Waals surface area contributed by atoms with E-state index in [-0.39, 0.29) is 17.9 Å². The van der Waals surface area contributed by atoms with E-state index in [1.165, 1.54) is 4.31 Å². The van der Waals surface area contributed by atoms with E-state index in [9.17, 15) is 13.5 Å². The average molecular weight is 340 g/mol. The standard InChI is InChI=1S/C16H24N2O4S/c1-11-4-12(2)15(5-14(11)22-3)23(20,21)18-7-13-6-17-8-16(13,9-18)10-19/h4-5,13,17,19H,6-10H2,1-3H3. The molecule has 2 atom stereocenters. The van der Waals surface area contributed by atoms with Crippen molar-refractivity contribution in [3.05, 3.63) is 23.3 Å². The first-order valence-electron chi connectivity index (χ1n) is 7.81. The molecule has 0 bridgehead atoms. The molecule has 0 spiro atoms. The van der Waals surface area contributed by atoms with Crippen LogP contribution in [-0.2, 0) is 10.0 Å². The minimum absolute atomic E-state index is 0.00683. The predicted octanol–water partition coefficient (Wildman–Crippen LogP) is 0.514. The van der Waals surface area contributed by atoms with Gasteiger partial charge >= 0.3 is 0 Å². The zero-order valence-electron chi connectivity index (χ0n) is 13.8. The third kappa shape index (κ3) is 2.55. The van der Waals surface area contributed by atoms with Crippen molar-refractivity contribution in [2.24, 2.45) is 11.3 Å². The number of hydrogen-bond donors (Lipinski definition) is 2. The summed E-state index contributed by atoms with van der Waals surface area (Å²) in [4.78, 5) is 0.293. The summed E-state index contributed by atoms with van der Waals surface area (Å²) in [5, 5.41) is 13.0. The summed E-state index contributed by atoms with van der Waals surface area (Å²) < 4.78 is 33.0. The van der Waals surface area contributed by atoms with Crippen molar-refractivity contribution in [1.82, 2.24) is 9.62 Å². The first-order chi connectivity index (χ1) is 10.8. The Morgan fingerprint density at radius 1 is 1.39 bits per heavy atom. The number of sulfonamides is 1. The van der Waals surface area contributed by atoms with Crippen LogP contribution < -0.4 is 10.1 Å². The number of aliphatic hydroxyl groups is 1. The quantitative estimate of drug-likeness (QED) is 0.835. The average Bonchev–Trinajstić information content (AvgIpc) is 3.04. The normalized spacial score (nSPS) is 28.1. The van der Waals surface area contributed by atoms with Crippen molar-refractivity contribution < 1.29 is 18.3 Å². The number of nitrogens with one attached hydrogen (secondary N) is 1. The SMILES string of the molecule is COc1cc(S(=O)(=O)N2CC3CNCC3(CO)C2)c(C)cc1C. The summed E-state index contributed by atoms with van der Waals surface area (Å²) in [6.07, 6.45) is 0. The fourth-order valence-electron chi connectivity index (χ4n) is 3.83. The molecule has 2 N–H and O–H groups in total. The van der Waals surface area contributed by atoms with E-state index >= 15 is 0 Å². The topological polar surface area (TPSA) is 78.9 Å². The Morgan fingerprint density at radius 2 is 2.13 bits per heavy atom. The van der Waals surface area contributed by atoms with E-state index in [1.807, 2.05) is 13.0 Å². The molecule has 2 fully saturated rings. The van der Waals surface area contributed by atoms with Crippen molar-refractivity contribution in [2.75, 3.05) is 39.9 Å². The second kappa shape index (κ2) is 5.73. The van der Waals surface area contributed by atoms with Crippen LogP contribution in [0, 0.1) is 25.2 Å². The highest BCUT2D eigenvalue weighted by Crippen LogP contribution is 2.41. The molecule has 1 aromatic carbocycles. The van der Waals surface area contributed by atoms with Gasteiger partial charge in [-0.1, -0.05) is 6.07 Å². The maximum atomic E-state index is 13.1. The molecule has 2 heterocycles. The van der Waals surface area contributed by atoms with Crippen molar-refractivity contribution in [3.8, 4) is 5.75 Å². The maximum Gasteiger partial charge on any atom is 0.243 e. The van der Waals surface area contributed by atoms with E-state index in [2.05, 4.69) is 5.32 Å². The number of aliphatic hydroxyl groups excluding tert-OH is 1. The summed E-state index contributed by atoms with van der Waals surface area (Å²) in [5.74, 6) is 0.738. The molecule has 0 radical (unpaired) electrons. The Morgan fingerprint density at radius 3 is 2.74 bits per heavy atom. The Hall–Kier alpha value is -1.15. The van der Waals surface area contributed by atoms with Gasteiger partial charge in [0, 0.05) is 31.1 Å². The lowest BCUT2D eigenvalue weighted by molar-refractivity contribution is 0.130. The molecular weight excluding hydrogens is 316 g/mol. The van der Waals surface area contributed by atoms with Crippen LogP contribution in [0.1, 0.15) is 11.1 Å². The van der Waals surface area contributed by atoms with Crippen molar-refractivity contribution in [1.29, 1.82) is 0 Å². The van der Waals surface area contributed by atoms with Crippen molar-refractivity contribution in [3.63, 3.8) is 0 Å². The van der Waals surface area contributed by atoms with Gasteiger partial charge in [-0.2, -0.15) is 4.31 Å². The van der Waals surface area contributed by atoms with Gasteiger partial charge in [0.05, 0.1) is 18.6 Å². The third-order valence-corrected chi connectivity index (χ3v) is 7.23. The zero-order valence-corrected chi connectivity index (χ0v) is 14.6. The first kappa shape index (κ1) is 16.7. The van der Waals surface area contributed by atoms with Gasteiger partial charge in [-0.05, 0) is 37.4 Å². The summed E-state index contributed by atoms with van der Waals surface area (Å²) in [7, 11) is -2.05. The van der Waals surface area contributed by atoms with Crippen LogP contribution in [0.2, 0.25) is 0 Å². The van der Waals surface area contributed by atoms with Gasteiger partial charge in [0.1, 0.15) is 5.75 Å². The van der Waals surface area contributed by atoms with Crippen LogP contribution in [0.4, 0.5) is 0 Å². The van der Waals surface area contributed by atoms with Gasteiger partial charge in [-0.15, -0.1) is 0 Å². The van der Waals surface area contributed by atoms with Crippen LogP contribution in [0.3, 0.4) is 0 Å². The number of methoxy groups -OCH3 is 1. The summed E-state index contributed by atoms with van der Waals surface area (Å²) >= 11 is 0. The van der Waals surface area contributed by atoms with Gasteiger partial charge in [0.15, 0.2) is 0 Å². The number of benzene rings is 1. The first-order valence-corrected chi connectivity index (χ1v) is 9.25. The lowest BCUT2D eigenvalue weighted by Gasteiger charge is -2.25. The third-order valence-electron chi connectivity index (χ3n) is 5.27. The number of fused-ring (bicyclic) bond motifs is 1. The zero-order chi connectivity index (χ0) is 16.8. The molecule has 6 nitrogen and oxygen atoms in total. The Labute approximate surface area is 137 Å². The molecule has 2 aliphatic rings. The van der Waals surface area contributed by atoms with Crippen LogP contribution in [0.25, 0.3) is 0 Å². The van der Waals surface area contributed by atoms with Gasteiger partial charge in [-0.25, -0.2) is 8.42 Å². The Bertz CT molecular complexity index is 719. The number of hydrogen-bond acceptors (Lipinski definition) is 5. The molecule has 0 amide bonds. The van der Waals surface area contributed by atoms with E-state index in [4.69, 9.17) is 4.74 Å². The molecule has 2 aliphatic heterocycles. The lowest BCUT2D eigenvalue weighted by atomic mass is 9.82. The van der Waals surface area contributed by atoms with E-state index in [0.29, 0.717) is 30.3 Å². The Balaban J connectivity index is 1.97. The van der Waals surface area contributed by atoms with Gasteiger partial charge in [0.25, 0.3) is 0 Å². The smallest absolute Gasteiger partial charge is 0.243 e. The maximum absolute atomic E-state index is 13.1. The fraction of sp³-hybridized carbons (Fsp3) is 0.625. The molecule has 1 aromatic rings. The minimum atomic E-state index is -3.59. The summed E-state index contributed by atoms with van der Waals surface area (Å²) in [6.45, 7) is 5.94. The molecule has 0 aromatic heterocycles. The molecule has 0 saturated carbocycles. The second-order valence-corrected chi connectivity index (χ2v) is 8.64. The molecule has 23 heavy (non-hydrogen) atoms. The van der Waals surface area contributed by atoms with E-state index in [0.717, 1.165) is 17.7 Å². The minimum Gasteiger partial charge on any atom is -0.496 e. The summed E-state index contributed by atoms with van der Waals surface area (Å²) in [5.41, 5.74) is 1.28. The fourth-order valence-corrected chi connectivity index (χ4v) is 5.63. The highest BCUT2D eigenvalue weighted by molar-refractivity contribution is 7.89. The van der Waals surface area contributed by atoms with Gasteiger partial charge < -0.3 is 15.2 Å². The van der Waals surface area contributed by atoms with Crippen LogP contribution in [0.5, 0.6) is 5.75 Å².